The highest BCUT2D eigenvalue weighted by molar-refractivity contribution is 6.11. The smallest absolute Gasteiger partial charge is 0.120 e. The minimum Gasteiger partial charge on any atom is -0.494 e. The number of hydrogen-bond acceptors (Lipinski definition) is 8. The Morgan fingerprint density at radius 3 is 1.49 bits per heavy atom. The van der Waals surface area contributed by atoms with Crippen LogP contribution in [0.2, 0.25) is 0 Å². The molecule has 8 nitrogen and oxygen atoms in total. The molecule has 240 valence electrons. The predicted octanol–water partition coefficient (Wildman–Crippen LogP) is 8.83. The number of aromatic nitrogens is 2. The second-order valence-electron chi connectivity index (χ2n) is 12.5. The van der Waals surface area contributed by atoms with E-state index in [9.17, 15) is 0 Å². The van der Waals surface area contributed by atoms with E-state index in [4.69, 9.17) is 19.4 Å². The Morgan fingerprint density at radius 1 is 0.596 bits per heavy atom. The summed E-state index contributed by atoms with van der Waals surface area (Å²) in [5.74, 6) is 1.75. The first-order chi connectivity index (χ1) is 23.1. The predicted molar refractivity (Wildman–Crippen MR) is 196 cm³/mol. The molecule has 2 aliphatic heterocycles. The summed E-state index contributed by atoms with van der Waals surface area (Å²) in [6.07, 6.45) is 2.08. The van der Waals surface area contributed by atoms with Crippen molar-refractivity contribution in [1.29, 1.82) is 0 Å². The van der Waals surface area contributed by atoms with Crippen LogP contribution in [0, 0.1) is 0 Å². The van der Waals surface area contributed by atoms with E-state index in [-0.39, 0.29) is 0 Å². The van der Waals surface area contributed by atoms with Crippen LogP contribution in [0.4, 0.5) is 22.7 Å². The quantitative estimate of drug-likeness (QED) is 0.146. The van der Waals surface area contributed by atoms with E-state index in [1.165, 1.54) is 22.5 Å². The van der Waals surface area contributed by atoms with E-state index < -0.39 is 0 Å². The summed E-state index contributed by atoms with van der Waals surface area (Å²) in [5, 5.41) is 12.0. The summed E-state index contributed by atoms with van der Waals surface area (Å²) in [6, 6.07) is 21.6. The molecule has 0 saturated heterocycles. The molecule has 2 N–H and O–H groups in total. The maximum atomic E-state index is 5.87. The molecule has 4 aromatic carbocycles. The lowest BCUT2D eigenvalue weighted by Crippen LogP contribution is -2.46. The highest BCUT2D eigenvalue weighted by Gasteiger charge is 2.33. The second-order valence-corrected chi connectivity index (χ2v) is 12.5. The van der Waals surface area contributed by atoms with Crippen molar-refractivity contribution in [2.24, 2.45) is 0 Å². The standard InChI is InChI=1S/C39H42N6O2/c1-5-17-40-36-26-11-15-34-30(38(26)42-32-13-9-24(46-7-3)19-28(32)36)21-44-23-45(34)22-31-35(44)16-12-27-37(41-18-6-2)29-20-25(47-8-4)10-14-33(29)43-39(27)31/h9-16,19-20H,5-8,17-18,21-23H2,1-4H3,(H,40,42)(H,41,43). The number of anilines is 4. The maximum Gasteiger partial charge on any atom is 0.120 e. The van der Waals surface area contributed by atoms with Gasteiger partial charge in [-0.1, -0.05) is 13.8 Å². The van der Waals surface area contributed by atoms with Crippen molar-refractivity contribution in [2.45, 2.75) is 53.6 Å². The number of rotatable bonds is 10. The zero-order valence-corrected chi connectivity index (χ0v) is 27.7. The third-order valence-electron chi connectivity index (χ3n) is 9.44. The molecule has 0 spiro atoms. The summed E-state index contributed by atoms with van der Waals surface area (Å²) in [6.45, 7) is 13.9. The van der Waals surface area contributed by atoms with Gasteiger partial charge in [0.15, 0.2) is 0 Å². The van der Waals surface area contributed by atoms with Crippen molar-refractivity contribution < 1.29 is 9.47 Å². The Hall–Kier alpha value is -4.98. The van der Waals surface area contributed by atoms with Gasteiger partial charge in [0.1, 0.15) is 11.5 Å². The molecule has 0 aliphatic carbocycles. The van der Waals surface area contributed by atoms with Crippen LogP contribution in [-0.2, 0) is 13.1 Å². The third kappa shape index (κ3) is 4.89. The van der Waals surface area contributed by atoms with Crippen LogP contribution in [0.1, 0.15) is 51.7 Å². The van der Waals surface area contributed by atoms with Crippen LogP contribution < -0.4 is 29.9 Å². The lowest BCUT2D eigenvalue weighted by atomic mass is 9.95. The Morgan fingerprint density at radius 2 is 1.06 bits per heavy atom. The number of benzene rings is 4. The minimum atomic E-state index is 0.636. The van der Waals surface area contributed by atoms with Gasteiger partial charge in [-0.25, -0.2) is 9.97 Å². The van der Waals surface area contributed by atoms with Crippen LogP contribution in [0.5, 0.6) is 11.5 Å². The van der Waals surface area contributed by atoms with E-state index in [1.54, 1.807) is 0 Å². The van der Waals surface area contributed by atoms with E-state index in [0.29, 0.717) is 13.2 Å². The van der Waals surface area contributed by atoms with E-state index >= 15 is 0 Å². The van der Waals surface area contributed by atoms with Gasteiger partial charge in [0.05, 0.1) is 53.3 Å². The molecule has 2 bridgehead atoms. The van der Waals surface area contributed by atoms with Crippen molar-refractivity contribution in [3.63, 3.8) is 0 Å². The fraction of sp³-hybridized carbons (Fsp3) is 0.333. The largest absolute Gasteiger partial charge is 0.494 e. The molecule has 0 amide bonds. The fourth-order valence-corrected chi connectivity index (χ4v) is 7.38. The average Bonchev–Trinajstić information content (AvgIpc) is 3.09. The van der Waals surface area contributed by atoms with Gasteiger partial charge in [-0.05, 0) is 87.4 Å². The zero-order chi connectivity index (χ0) is 32.1. The minimum absolute atomic E-state index is 0.636. The molecular formula is C39H42N6O2. The van der Waals surface area contributed by atoms with Gasteiger partial charge in [0, 0.05) is 70.2 Å². The molecule has 6 aromatic rings. The summed E-state index contributed by atoms with van der Waals surface area (Å²) < 4.78 is 11.7. The van der Waals surface area contributed by atoms with Crippen LogP contribution in [-0.4, -0.2) is 42.9 Å². The molecule has 0 radical (unpaired) electrons. The molecule has 0 unspecified atom stereocenters. The van der Waals surface area contributed by atoms with Crippen molar-refractivity contribution in [3.8, 4) is 11.5 Å². The van der Waals surface area contributed by atoms with Crippen LogP contribution in [0.25, 0.3) is 43.6 Å². The van der Waals surface area contributed by atoms with Crippen LogP contribution in [0.3, 0.4) is 0 Å². The molecule has 47 heavy (non-hydrogen) atoms. The van der Waals surface area contributed by atoms with E-state index in [2.05, 4.69) is 82.8 Å². The number of fused-ring (bicyclic) bond motifs is 12. The average molecular weight is 627 g/mol. The molecule has 0 atom stereocenters. The van der Waals surface area contributed by atoms with Gasteiger partial charge in [0.2, 0.25) is 0 Å². The van der Waals surface area contributed by atoms with Crippen LogP contribution >= 0.6 is 0 Å². The Kier molecular flexibility index (Phi) is 7.51. The topological polar surface area (TPSA) is 74.8 Å². The highest BCUT2D eigenvalue weighted by atomic mass is 16.5. The second kappa shape index (κ2) is 12.0. The fourth-order valence-electron chi connectivity index (χ4n) is 7.38. The molecule has 4 heterocycles. The summed E-state index contributed by atoms with van der Waals surface area (Å²) in [4.78, 5) is 15.6. The van der Waals surface area contributed by atoms with Gasteiger partial charge in [0.25, 0.3) is 0 Å². The number of hydrogen-bond donors (Lipinski definition) is 2. The Labute approximate surface area is 275 Å². The van der Waals surface area contributed by atoms with Crippen LogP contribution in [0.15, 0.2) is 60.7 Å². The first-order valence-corrected chi connectivity index (χ1v) is 17.1. The number of ether oxygens (including phenoxy) is 2. The number of pyridine rings is 2. The molecule has 2 aromatic heterocycles. The van der Waals surface area contributed by atoms with Gasteiger partial charge in [-0.15, -0.1) is 0 Å². The van der Waals surface area contributed by atoms with E-state index in [1.807, 2.05) is 26.0 Å². The monoisotopic (exact) mass is 626 g/mol. The Bertz CT molecular complexity index is 2010. The number of nitrogens with one attached hydrogen (secondary N) is 2. The number of nitrogens with zero attached hydrogens (tertiary/aromatic N) is 4. The van der Waals surface area contributed by atoms with Gasteiger partial charge >= 0.3 is 0 Å². The molecular weight excluding hydrogens is 584 g/mol. The molecule has 2 aliphatic rings. The zero-order valence-electron chi connectivity index (χ0n) is 27.7. The summed E-state index contributed by atoms with van der Waals surface area (Å²) in [7, 11) is 0. The summed E-state index contributed by atoms with van der Waals surface area (Å²) >= 11 is 0. The van der Waals surface area contributed by atoms with Gasteiger partial charge in [-0.3, -0.25) is 0 Å². The first kappa shape index (κ1) is 29.4. The third-order valence-corrected chi connectivity index (χ3v) is 9.44. The lowest BCUT2D eigenvalue weighted by molar-refractivity contribution is 0.340. The molecule has 0 saturated carbocycles. The SMILES string of the molecule is CCCNc1c2cc(OCC)ccc2nc2c3c(ccc12)N1Cc2c(ccc4c(NCCC)c5cc(OCC)ccc5nc24)N(C3)C1. The maximum absolute atomic E-state index is 5.87. The van der Waals surface area contributed by atoms with E-state index in [0.717, 1.165) is 112 Å². The van der Waals surface area contributed by atoms with Crippen molar-refractivity contribution in [2.75, 3.05) is 53.4 Å². The first-order valence-electron chi connectivity index (χ1n) is 17.1. The Balaban J connectivity index is 1.27. The van der Waals surface area contributed by atoms with Crippen molar-refractivity contribution >= 4 is 66.4 Å². The van der Waals surface area contributed by atoms with Gasteiger partial charge < -0.3 is 29.9 Å². The molecule has 8 rings (SSSR count). The van der Waals surface area contributed by atoms with Crippen molar-refractivity contribution in [1.82, 2.24) is 9.97 Å². The highest BCUT2D eigenvalue weighted by Crippen LogP contribution is 2.46. The lowest BCUT2D eigenvalue weighted by Gasteiger charge is -2.45. The molecule has 0 fully saturated rings. The van der Waals surface area contributed by atoms with Crippen molar-refractivity contribution in [3.05, 3.63) is 71.8 Å². The summed E-state index contributed by atoms with van der Waals surface area (Å²) in [5.41, 5.74) is 11.4. The normalized spacial score (nSPS) is 13.7. The molecule has 8 heteroatoms. The van der Waals surface area contributed by atoms with Gasteiger partial charge in [-0.2, -0.15) is 0 Å².